The minimum Gasteiger partial charge on any atom is -0.497 e. The van der Waals surface area contributed by atoms with E-state index in [4.69, 9.17) is 9.47 Å². The molecule has 132 valence electrons. The number of methoxy groups -OCH3 is 2. The van der Waals surface area contributed by atoms with E-state index in [-0.39, 0.29) is 17.9 Å². The molecule has 1 saturated heterocycles. The fraction of sp³-hybridized carbons (Fsp3) is 0.529. The smallest absolute Gasteiger partial charge is 0.319 e. The average molecular weight is 335 g/mol. The number of piperidine rings is 1. The molecule has 0 aliphatic carbocycles. The van der Waals surface area contributed by atoms with E-state index in [9.17, 15) is 9.59 Å². The molecule has 1 aromatic rings. The molecule has 1 N–H and O–H groups in total. The van der Waals surface area contributed by atoms with Crippen LogP contribution in [0.2, 0.25) is 0 Å². The summed E-state index contributed by atoms with van der Waals surface area (Å²) in [5, 5.41) is 2.90. The number of amides is 3. The Morgan fingerprint density at radius 2 is 2.00 bits per heavy atom. The number of urea groups is 1. The van der Waals surface area contributed by atoms with Crippen LogP contribution in [0.1, 0.15) is 12.8 Å². The third-order valence-corrected chi connectivity index (χ3v) is 4.11. The van der Waals surface area contributed by atoms with Gasteiger partial charge in [-0.05, 0) is 25.0 Å². The molecule has 3 amide bonds. The van der Waals surface area contributed by atoms with Gasteiger partial charge in [0.2, 0.25) is 5.91 Å². The summed E-state index contributed by atoms with van der Waals surface area (Å²) in [5.74, 6) is 0.870. The first-order valence-electron chi connectivity index (χ1n) is 7.95. The van der Waals surface area contributed by atoms with Gasteiger partial charge in [-0.1, -0.05) is 0 Å². The van der Waals surface area contributed by atoms with E-state index >= 15 is 0 Å². The number of hydrogen-bond acceptors (Lipinski definition) is 4. The molecule has 1 aromatic carbocycles. The topological polar surface area (TPSA) is 71.1 Å². The monoisotopic (exact) mass is 335 g/mol. The first-order chi connectivity index (χ1) is 11.5. The van der Waals surface area contributed by atoms with E-state index in [1.807, 2.05) is 0 Å². The Kier molecular flexibility index (Phi) is 5.89. The minimum absolute atomic E-state index is 0.0606. The summed E-state index contributed by atoms with van der Waals surface area (Å²) in [7, 11) is 6.55. The predicted molar refractivity (Wildman–Crippen MR) is 91.6 cm³/mol. The van der Waals surface area contributed by atoms with Crippen LogP contribution >= 0.6 is 0 Å². The molecule has 1 aliphatic rings. The maximum atomic E-state index is 12.6. The lowest BCUT2D eigenvalue weighted by Crippen LogP contribution is -2.47. The van der Waals surface area contributed by atoms with Gasteiger partial charge in [0.05, 0.1) is 25.8 Å². The van der Waals surface area contributed by atoms with E-state index in [1.165, 1.54) is 4.90 Å². The fourth-order valence-corrected chi connectivity index (χ4v) is 2.78. The van der Waals surface area contributed by atoms with Crippen molar-refractivity contribution in [2.45, 2.75) is 12.8 Å². The van der Waals surface area contributed by atoms with Crippen LogP contribution in [0.5, 0.6) is 11.5 Å². The number of nitrogens with one attached hydrogen (secondary N) is 1. The Morgan fingerprint density at radius 3 is 2.62 bits per heavy atom. The highest BCUT2D eigenvalue weighted by atomic mass is 16.5. The van der Waals surface area contributed by atoms with Crippen LogP contribution in [0.3, 0.4) is 0 Å². The summed E-state index contributed by atoms with van der Waals surface area (Å²) in [6.45, 7) is 1.12. The highest BCUT2D eigenvalue weighted by molar-refractivity contribution is 5.94. The van der Waals surface area contributed by atoms with Gasteiger partial charge < -0.3 is 24.6 Å². The average Bonchev–Trinajstić information content (AvgIpc) is 2.61. The molecule has 1 atom stereocenters. The molecule has 0 aromatic heterocycles. The van der Waals surface area contributed by atoms with Crippen molar-refractivity contribution in [1.29, 1.82) is 0 Å². The number of nitrogens with zero attached hydrogens (tertiary/aromatic N) is 2. The van der Waals surface area contributed by atoms with Crippen molar-refractivity contribution in [3.63, 3.8) is 0 Å². The number of anilines is 1. The molecular weight excluding hydrogens is 310 g/mol. The lowest BCUT2D eigenvalue weighted by molar-refractivity contribution is -0.121. The first kappa shape index (κ1) is 17.9. The van der Waals surface area contributed by atoms with E-state index < -0.39 is 0 Å². The van der Waals surface area contributed by atoms with Crippen LogP contribution in [-0.4, -0.2) is 63.1 Å². The summed E-state index contributed by atoms with van der Waals surface area (Å²) >= 11 is 0. The highest BCUT2D eigenvalue weighted by Crippen LogP contribution is 2.30. The third-order valence-electron chi connectivity index (χ3n) is 4.11. The summed E-state index contributed by atoms with van der Waals surface area (Å²) < 4.78 is 10.5. The third kappa shape index (κ3) is 4.10. The molecule has 0 spiro atoms. The Balaban J connectivity index is 2.05. The molecule has 24 heavy (non-hydrogen) atoms. The Labute approximate surface area is 142 Å². The van der Waals surface area contributed by atoms with Crippen molar-refractivity contribution in [1.82, 2.24) is 9.80 Å². The number of hydrogen-bond donors (Lipinski definition) is 1. The molecule has 0 bridgehead atoms. The Hall–Kier alpha value is -2.44. The summed E-state index contributed by atoms with van der Waals surface area (Å²) in [6, 6.07) is 5.18. The summed E-state index contributed by atoms with van der Waals surface area (Å²) in [5.41, 5.74) is 0.597. The van der Waals surface area contributed by atoms with E-state index in [0.717, 1.165) is 12.8 Å². The number of rotatable bonds is 4. The SMILES string of the molecule is COc1ccc(NC(=O)[C@H]2CCCN(C(=O)N(C)C)C2)c(OC)c1. The normalized spacial score (nSPS) is 17.2. The second-order valence-corrected chi connectivity index (χ2v) is 6.02. The molecule has 1 aliphatic heterocycles. The van der Waals surface area contributed by atoms with Gasteiger partial charge in [-0.25, -0.2) is 4.79 Å². The second kappa shape index (κ2) is 7.90. The van der Waals surface area contributed by atoms with Gasteiger partial charge in [0.25, 0.3) is 0 Å². The number of likely N-dealkylation sites (tertiary alicyclic amines) is 1. The van der Waals surface area contributed by atoms with Gasteiger partial charge in [-0.3, -0.25) is 4.79 Å². The summed E-state index contributed by atoms with van der Waals surface area (Å²) in [6.07, 6.45) is 1.58. The fourth-order valence-electron chi connectivity index (χ4n) is 2.78. The Morgan fingerprint density at radius 1 is 1.25 bits per heavy atom. The zero-order valence-corrected chi connectivity index (χ0v) is 14.7. The molecule has 2 rings (SSSR count). The molecule has 7 nitrogen and oxygen atoms in total. The molecule has 0 saturated carbocycles. The van der Waals surface area contributed by atoms with Crippen LogP contribution in [0.15, 0.2) is 18.2 Å². The zero-order chi connectivity index (χ0) is 17.7. The largest absolute Gasteiger partial charge is 0.497 e. The van der Waals surface area contributed by atoms with Crippen molar-refractivity contribution in [2.24, 2.45) is 5.92 Å². The molecular formula is C17H25N3O4. The van der Waals surface area contributed by atoms with E-state index in [1.54, 1.807) is 51.4 Å². The second-order valence-electron chi connectivity index (χ2n) is 6.02. The van der Waals surface area contributed by atoms with Crippen LogP contribution in [0.25, 0.3) is 0 Å². The number of benzene rings is 1. The zero-order valence-electron chi connectivity index (χ0n) is 14.7. The van der Waals surface area contributed by atoms with Crippen molar-refractivity contribution in [3.05, 3.63) is 18.2 Å². The van der Waals surface area contributed by atoms with Gasteiger partial charge in [0.1, 0.15) is 11.5 Å². The lowest BCUT2D eigenvalue weighted by atomic mass is 9.97. The Bertz CT molecular complexity index is 603. The minimum atomic E-state index is -0.227. The quantitative estimate of drug-likeness (QED) is 0.914. The van der Waals surface area contributed by atoms with E-state index in [2.05, 4.69) is 5.32 Å². The molecule has 0 radical (unpaired) electrons. The molecule has 0 unspecified atom stereocenters. The van der Waals surface area contributed by atoms with Gasteiger partial charge >= 0.3 is 6.03 Å². The van der Waals surface area contributed by atoms with Crippen molar-refractivity contribution >= 4 is 17.6 Å². The van der Waals surface area contributed by atoms with Gasteiger partial charge in [0, 0.05) is 33.3 Å². The van der Waals surface area contributed by atoms with Gasteiger partial charge in [-0.2, -0.15) is 0 Å². The van der Waals surface area contributed by atoms with Crippen LogP contribution in [0, 0.1) is 5.92 Å². The summed E-state index contributed by atoms with van der Waals surface area (Å²) in [4.78, 5) is 27.9. The molecule has 1 fully saturated rings. The van der Waals surface area contributed by atoms with Crippen molar-refractivity contribution in [2.75, 3.05) is 46.7 Å². The van der Waals surface area contributed by atoms with Gasteiger partial charge in [-0.15, -0.1) is 0 Å². The van der Waals surface area contributed by atoms with Crippen LogP contribution in [-0.2, 0) is 4.79 Å². The van der Waals surface area contributed by atoms with Crippen LogP contribution < -0.4 is 14.8 Å². The van der Waals surface area contributed by atoms with Crippen molar-refractivity contribution < 1.29 is 19.1 Å². The van der Waals surface area contributed by atoms with E-state index in [0.29, 0.717) is 30.3 Å². The van der Waals surface area contributed by atoms with Crippen LogP contribution in [0.4, 0.5) is 10.5 Å². The maximum Gasteiger partial charge on any atom is 0.319 e. The van der Waals surface area contributed by atoms with Gasteiger partial charge in [0.15, 0.2) is 0 Å². The molecule has 1 heterocycles. The predicted octanol–water partition coefficient (Wildman–Crippen LogP) is 2.04. The number of carbonyl (C=O) groups is 2. The standard InChI is InChI=1S/C17H25N3O4/c1-19(2)17(22)20-9-5-6-12(11-20)16(21)18-14-8-7-13(23-3)10-15(14)24-4/h7-8,10,12H,5-6,9,11H2,1-4H3,(H,18,21)/t12-/m0/s1. The number of carbonyl (C=O) groups excluding carboxylic acids is 2. The maximum absolute atomic E-state index is 12.6. The highest BCUT2D eigenvalue weighted by Gasteiger charge is 2.29. The molecule has 7 heteroatoms. The van der Waals surface area contributed by atoms with Crippen molar-refractivity contribution in [3.8, 4) is 11.5 Å². The number of ether oxygens (including phenoxy) is 2. The first-order valence-corrected chi connectivity index (χ1v) is 7.95. The lowest BCUT2D eigenvalue weighted by Gasteiger charge is -2.33.